The molecule has 7 heteroatoms. The highest BCUT2D eigenvalue weighted by molar-refractivity contribution is 7.88. The molecule has 1 N–H and O–H groups in total. The van der Waals surface area contributed by atoms with E-state index in [1.165, 1.54) is 4.31 Å². The zero-order valence-corrected chi connectivity index (χ0v) is 8.66. The van der Waals surface area contributed by atoms with Gasteiger partial charge in [0.1, 0.15) is 0 Å². The van der Waals surface area contributed by atoms with Gasteiger partial charge in [-0.25, -0.2) is 8.42 Å². The summed E-state index contributed by atoms with van der Waals surface area (Å²) in [6.45, 7) is 0.686. The lowest BCUT2D eigenvalue weighted by atomic mass is 10.2. The van der Waals surface area contributed by atoms with Gasteiger partial charge in [0.25, 0.3) is 0 Å². The summed E-state index contributed by atoms with van der Waals surface area (Å²) < 4.78 is 28.6. The summed E-state index contributed by atoms with van der Waals surface area (Å²) in [5.74, 6) is -0.981. The fraction of sp³-hybridized carbons (Fsp3) is 0.857. The number of sulfonamides is 1. The van der Waals surface area contributed by atoms with Gasteiger partial charge < -0.3 is 9.84 Å². The molecule has 0 saturated carbocycles. The third-order valence-corrected chi connectivity index (χ3v) is 3.24. The van der Waals surface area contributed by atoms with Crippen LogP contribution in [0, 0.1) is 0 Å². The molecule has 1 atom stereocenters. The van der Waals surface area contributed by atoms with Gasteiger partial charge in [-0.15, -0.1) is 0 Å². The maximum atomic E-state index is 11.1. The van der Waals surface area contributed by atoms with Gasteiger partial charge in [0.15, 0.2) is 0 Å². The number of carboxylic acids is 1. The molecule has 0 aliphatic carbocycles. The van der Waals surface area contributed by atoms with Crippen molar-refractivity contribution in [3.63, 3.8) is 0 Å². The van der Waals surface area contributed by atoms with Gasteiger partial charge in [0, 0.05) is 13.1 Å². The lowest BCUT2D eigenvalue weighted by Gasteiger charge is -2.30. The van der Waals surface area contributed by atoms with Gasteiger partial charge in [0.05, 0.1) is 25.4 Å². The molecule has 0 amide bonds. The average Bonchev–Trinajstić information content (AvgIpc) is 2.01. The van der Waals surface area contributed by atoms with Crippen LogP contribution in [-0.4, -0.2) is 55.9 Å². The molecule has 82 valence electrons. The monoisotopic (exact) mass is 223 g/mol. The minimum Gasteiger partial charge on any atom is -0.481 e. The van der Waals surface area contributed by atoms with Crippen LogP contribution in [0.15, 0.2) is 0 Å². The molecule has 0 aromatic rings. The van der Waals surface area contributed by atoms with Crippen molar-refractivity contribution in [2.75, 3.05) is 26.0 Å². The zero-order valence-electron chi connectivity index (χ0n) is 7.84. The molecule has 14 heavy (non-hydrogen) atoms. The number of hydrogen-bond donors (Lipinski definition) is 1. The van der Waals surface area contributed by atoms with Gasteiger partial charge in [-0.05, 0) is 0 Å². The number of aliphatic carboxylic acids is 1. The number of carboxylic acid groups (broad SMARTS) is 1. The zero-order chi connectivity index (χ0) is 10.8. The van der Waals surface area contributed by atoms with Crippen LogP contribution in [0.2, 0.25) is 0 Å². The number of carbonyl (C=O) groups is 1. The topological polar surface area (TPSA) is 83.9 Å². The minimum absolute atomic E-state index is 0.130. The van der Waals surface area contributed by atoms with Crippen LogP contribution in [0.3, 0.4) is 0 Å². The number of rotatable bonds is 3. The third-order valence-electron chi connectivity index (χ3n) is 1.97. The second-order valence-corrected chi connectivity index (χ2v) is 5.19. The van der Waals surface area contributed by atoms with Gasteiger partial charge in [-0.1, -0.05) is 0 Å². The smallest absolute Gasteiger partial charge is 0.306 e. The van der Waals surface area contributed by atoms with Crippen LogP contribution in [0.5, 0.6) is 0 Å². The summed E-state index contributed by atoms with van der Waals surface area (Å²) in [6.07, 6.45) is 0.415. The lowest BCUT2D eigenvalue weighted by molar-refractivity contribution is -0.141. The SMILES string of the molecule is CS(=O)(=O)N1CCOC(CC(=O)O)C1. The highest BCUT2D eigenvalue weighted by Crippen LogP contribution is 2.11. The van der Waals surface area contributed by atoms with E-state index in [9.17, 15) is 13.2 Å². The van der Waals surface area contributed by atoms with Crippen LogP contribution < -0.4 is 0 Å². The Morgan fingerprint density at radius 1 is 1.64 bits per heavy atom. The van der Waals surface area contributed by atoms with E-state index in [0.29, 0.717) is 6.54 Å². The summed E-state index contributed by atoms with van der Waals surface area (Å²) in [4.78, 5) is 10.4. The molecule has 0 spiro atoms. The third kappa shape index (κ3) is 3.24. The molecule has 1 aliphatic rings. The molecule has 1 rings (SSSR count). The Hall–Kier alpha value is -0.660. The quantitative estimate of drug-likeness (QED) is 0.671. The maximum absolute atomic E-state index is 11.1. The Morgan fingerprint density at radius 2 is 2.29 bits per heavy atom. The molecule has 1 heterocycles. The van der Waals surface area contributed by atoms with Crippen LogP contribution in [0.1, 0.15) is 6.42 Å². The molecule has 1 saturated heterocycles. The first-order chi connectivity index (χ1) is 6.39. The van der Waals surface area contributed by atoms with E-state index in [4.69, 9.17) is 9.84 Å². The van der Waals surface area contributed by atoms with Crippen molar-refractivity contribution in [2.24, 2.45) is 0 Å². The van der Waals surface area contributed by atoms with E-state index in [0.717, 1.165) is 6.26 Å². The maximum Gasteiger partial charge on any atom is 0.306 e. The van der Waals surface area contributed by atoms with Crippen molar-refractivity contribution >= 4 is 16.0 Å². The first-order valence-electron chi connectivity index (χ1n) is 4.18. The van der Waals surface area contributed by atoms with E-state index < -0.39 is 22.1 Å². The number of morpholine rings is 1. The molecule has 0 radical (unpaired) electrons. The first-order valence-corrected chi connectivity index (χ1v) is 6.03. The molecular weight excluding hydrogens is 210 g/mol. The largest absolute Gasteiger partial charge is 0.481 e. The van der Waals surface area contributed by atoms with Crippen molar-refractivity contribution in [2.45, 2.75) is 12.5 Å². The normalized spacial score (nSPS) is 24.8. The van der Waals surface area contributed by atoms with E-state index in [1.54, 1.807) is 0 Å². The number of hydrogen-bond acceptors (Lipinski definition) is 4. The minimum atomic E-state index is -3.23. The Kier molecular flexibility index (Phi) is 3.46. The summed E-state index contributed by atoms with van der Waals surface area (Å²) in [7, 11) is -3.23. The summed E-state index contributed by atoms with van der Waals surface area (Å²) in [5, 5.41) is 8.51. The van der Waals surface area contributed by atoms with E-state index in [1.807, 2.05) is 0 Å². The molecule has 1 fully saturated rings. The van der Waals surface area contributed by atoms with Gasteiger partial charge in [0.2, 0.25) is 10.0 Å². The highest BCUT2D eigenvalue weighted by atomic mass is 32.2. The molecule has 6 nitrogen and oxygen atoms in total. The standard InChI is InChI=1S/C7H13NO5S/c1-14(11,12)8-2-3-13-6(5-8)4-7(9)10/h6H,2-5H2,1H3,(H,9,10). The van der Waals surface area contributed by atoms with Crippen LogP contribution in [0.4, 0.5) is 0 Å². The summed E-state index contributed by atoms with van der Waals surface area (Å²) in [5.41, 5.74) is 0. The molecular formula is C7H13NO5S. The highest BCUT2D eigenvalue weighted by Gasteiger charge is 2.27. The van der Waals surface area contributed by atoms with Crippen LogP contribution in [-0.2, 0) is 19.6 Å². The second-order valence-electron chi connectivity index (χ2n) is 3.21. The van der Waals surface area contributed by atoms with Crippen molar-refractivity contribution in [1.82, 2.24) is 4.31 Å². The van der Waals surface area contributed by atoms with Crippen molar-refractivity contribution in [3.05, 3.63) is 0 Å². The van der Waals surface area contributed by atoms with E-state index >= 15 is 0 Å². The second kappa shape index (κ2) is 4.24. The van der Waals surface area contributed by atoms with Crippen molar-refractivity contribution in [3.8, 4) is 0 Å². The van der Waals surface area contributed by atoms with E-state index in [-0.39, 0.29) is 19.6 Å². The van der Waals surface area contributed by atoms with Gasteiger partial charge in [-0.3, -0.25) is 4.79 Å². The molecule has 1 aliphatic heterocycles. The Labute approximate surface area is 82.5 Å². The fourth-order valence-corrected chi connectivity index (χ4v) is 2.15. The Morgan fingerprint density at radius 3 is 2.79 bits per heavy atom. The summed E-state index contributed by atoms with van der Waals surface area (Å²) in [6, 6.07) is 0. The van der Waals surface area contributed by atoms with Gasteiger partial charge in [-0.2, -0.15) is 4.31 Å². The molecule has 0 bridgehead atoms. The van der Waals surface area contributed by atoms with Crippen LogP contribution >= 0.6 is 0 Å². The average molecular weight is 223 g/mol. The predicted octanol–water partition coefficient (Wildman–Crippen LogP) is -0.878. The van der Waals surface area contributed by atoms with Crippen LogP contribution in [0.25, 0.3) is 0 Å². The first kappa shape index (κ1) is 11.4. The fourth-order valence-electron chi connectivity index (χ4n) is 1.31. The Bertz CT molecular complexity index is 312. The van der Waals surface area contributed by atoms with Gasteiger partial charge >= 0.3 is 5.97 Å². The van der Waals surface area contributed by atoms with Crippen molar-refractivity contribution < 1.29 is 23.1 Å². The van der Waals surface area contributed by atoms with E-state index in [2.05, 4.69) is 0 Å². The Balaban J connectivity index is 2.56. The number of nitrogens with zero attached hydrogens (tertiary/aromatic N) is 1. The predicted molar refractivity (Wildman–Crippen MR) is 48.4 cm³/mol. The molecule has 0 aromatic carbocycles. The van der Waals surface area contributed by atoms with Crippen molar-refractivity contribution in [1.29, 1.82) is 0 Å². The molecule has 0 aromatic heterocycles. The number of ether oxygens (including phenoxy) is 1. The molecule has 1 unspecified atom stereocenters. The lowest BCUT2D eigenvalue weighted by Crippen LogP contribution is -2.45. The summed E-state index contributed by atoms with van der Waals surface area (Å²) >= 11 is 0.